The van der Waals surface area contributed by atoms with Gasteiger partial charge in [0, 0.05) is 12.2 Å². The van der Waals surface area contributed by atoms with Gasteiger partial charge >= 0.3 is 0 Å². The monoisotopic (exact) mass is 235 g/mol. The van der Waals surface area contributed by atoms with E-state index in [-0.39, 0.29) is 11.2 Å². The highest BCUT2D eigenvalue weighted by atomic mass is 32.2. The molecule has 16 heavy (non-hydrogen) atoms. The van der Waals surface area contributed by atoms with Crippen LogP contribution in [0.25, 0.3) is 0 Å². The molecule has 1 aliphatic heterocycles. The van der Waals surface area contributed by atoms with Gasteiger partial charge in [-0.1, -0.05) is 30.0 Å². The molecular formula is C11H13N3OS. The highest BCUT2D eigenvalue weighted by molar-refractivity contribution is 8.15. The number of aliphatic imine (C=N–C) groups is 1. The molecule has 1 unspecified atom stereocenters. The summed E-state index contributed by atoms with van der Waals surface area (Å²) in [7, 11) is 0. The van der Waals surface area contributed by atoms with Crippen LogP contribution in [0.15, 0.2) is 35.3 Å². The number of rotatable bonds is 4. The lowest BCUT2D eigenvalue weighted by molar-refractivity contribution is -0.117. The molecule has 1 amide bonds. The topological polar surface area (TPSA) is 67.5 Å². The number of nitrogens with two attached hydrogens (primary N) is 1. The number of amides is 1. The average Bonchev–Trinajstić information content (AvgIpc) is 2.59. The summed E-state index contributed by atoms with van der Waals surface area (Å²) in [4.78, 5) is 15.0. The second-order valence-electron chi connectivity index (χ2n) is 3.48. The molecule has 5 heteroatoms. The molecule has 1 aliphatic rings. The highest BCUT2D eigenvalue weighted by Gasteiger charge is 2.26. The molecule has 2 rings (SSSR count). The molecule has 0 spiro atoms. The van der Waals surface area contributed by atoms with Crippen molar-refractivity contribution >= 4 is 28.5 Å². The number of thioether (sulfide) groups is 1. The molecule has 0 saturated heterocycles. The lowest BCUT2D eigenvalue weighted by Crippen LogP contribution is -2.16. The first-order valence-corrected chi connectivity index (χ1v) is 5.97. The van der Waals surface area contributed by atoms with Crippen molar-refractivity contribution in [2.45, 2.75) is 11.7 Å². The summed E-state index contributed by atoms with van der Waals surface area (Å²) in [6.45, 7) is 0.746. The first-order valence-electron chi connectivity index (χ1n) is 5.09. The number of carbonyl (C=O) groups excluding carboxylic acids is 1. The van der Waals surface area contributed by atoms with E-state index in [9.17, 15) is 4.79 Å². The van der Waals surface area contributed by atoms with Gasteiger partial charge in [0.1, 0.15) is 0 Å². The molecule has 0 bridgehead atoms. The Morgan fingerprint density at radius 3 is 2.75 bits per heavy atom. The van der Waals surface area contributed by atoms with Crippen molar-refractivity contribution in [2.24, 2.45) is 10.7 Å². The molecule has 3 N–H and O–H groups in total. The van der Waals surface area contributed by atoms with Gasteiger partial charge in [0.25, 0.3) is 5.91 Å². The maximum Gasteiger partial charge on any atom is 0.261 e. The van der Waals surface area contributed by atoms with Crippen molar-refractivity contribution in [1.82, 2.24) is 0 Å². The minimum atomic E-state index is -0.115. The third-order valence-corrected chi connectivity index (χ3v) is 3.32. The molecule has 1 aromatic carbocycles. The molecule has 4 nitrogen and oxygen atoms in total. The third kappa shape index (κ3) is 2.76. The van der Waals surface area contributed by atoms with Crippen LogP contribution in [-0.2, 0) is 4.79 Å². The Bertz CT molecular complexity index is 405. The van der Waals surface area contributed by atoms with E-state index in [1.165, 1.54) is 11.8 Å². The number of amidine groups is 1. The van der Waals surface area contributed by atoms with Gasteiger partial charge in [-0.25, -0.2) is 0 Å². The van der Waals surface area contributed by atoms with Crippen molar-refractivity contribution in [3.8, 4) is 0 Å². The summed E-state index contributed by atoms with van der Waals surface area (Å²) < 4.78 is 0. The predicted octanol–water partition coefficient (Wildman–Crippen LogP) is 1.45. The zero-order chi connectivity index (χ0) is 11.4. The molecule has 0 fully saturated rings. The quantitative estimate of drug-likeness (QED) is 0.828. The SMILES string of the molecule is NC1=NC(=O)C(CCNc2ccccc2)S1. The number of hydrogen-bond acceptors (Lipinski definition) is 4. The molecule has 1 aromatic rings. The van der Waals surface area contributed by atoms with Crippen LogP contribution < -0.4 is 11.1 Å². The summed E-state index contributed by atoms with van der Waals surface area (Å²) in [6.07, 6.45) is 0.739. The standard InChI is InChI=1S/C11H13N3OS/c12-11-14-10(15)9(16-11)6-7-13-8-4-2-1-3-5-8/h1-5,9,13H,6-7H2,(H2,12,14,15). The van der Waals surface area contributed by atoms with Crippen LogP contribution in [0.4, 0.5) is 5.69 Å². The van der Waals surface area contributed by atoms with E-state index in [0.717, 1.165) is 18.7 Å². The van der Waals surface area contributed by atoms with Gasteiger partial charge in [-0.15, -0.1) is 0 Å². The van der Waals surface area contributed by atoms with Gasteiger partial charge in [0.05, 0.1) is 5.25 Å². The average molecular weight is 235 g/mol. The van der Waals surface area contributed by atoms with Gasteiger partial charge < -0.3 is 11.1 Å². The molecule has 84 valence electrons. The highest BCUT2D eigenvalue weighted by Crippen LogP contribution is 2.22. The van der Waals surface area contributed by atoms with Crippen LogP contribution in [0, 0.1) is 0 Å². The second-order valence-corrected chi connectivity index (χ2v) is 4.70. The Labute approximate surface area is 98.3 Å². The van der Waals surface area contributed by atoms with E-state index in [0.29, 0.717) is 5.17 Å². The minimum Gasteiger partial charge on any atom is -0.385 e. The fourth-order valence-electron chi connectivity index (χ4n) is 1.49. The molecule has 0 aliphatic carbocycles. The van der Waals surface area contributed by atoms with Gasteiger partial charge in [0.15, 0.2) is 5.17 Å². The molecular weight excluding hydrogens is 222 g/mol. The van der Waals surface area contributed by atoms with Crippen molar-refractivity contribution in [3.05, 3.63) is 30.3 Å². The number of anilines is 1. The van der Waals surface area contributed by atoms with Crippen molar-refractivity contribution < 1.29 is 4.79 Å². The first kappa shape index (κ1) is 11.0. The fourth-order valence-corrected chi connectivity index (χ4v) is 2.31. The number of hydrogen-bond donors (Lipinski definition) is 2. The number of carbonyl (C=O) groups is 1. The minimum absolute atomic E-state index is 0.114. The zero-order valence-electron chi connectivity index (χ0n) is 8.72. The molecule has 0 aromatic heterocycles. The summed E-state index contributed by atoms with van der Waals surface area (Å²) in [6, 6.07) is 9.90. The molecule has 1 atom stereocenters. The Balaban J connectivity index is 1.76. The smallest absolute Gasteiger partial charge is 0.261 e. The normalized spacial score (nSPS) is 19.6. The van der Waals surface area contributed by atoms with Gasteiger partial charge in [-0.3, -0.25) is 4.79 Å². The van der Waals surface area contributed by atoms with Gasteiger partial charge in [-0.05, 0) is 18.6 Å². The molecule has 1 heterocycles. The number of para-hydroxylation sites is 1. The van der Waals surface area contributed by atoms with Crippen LogP contribution in [0.3, 0.4) is 0 Å². The van der Waals surface area contributed by atoms with Crippen LogP contribution in [0.2, 0.25) is 0 Å². The molecule has 0 saturated carbocycles. The van der Waals surface area contributed by atoms with E-state index in [1.54, 1.807) is 0 Å². The predicted molar refractivity (Wildman–Crippen MR) is 67.6 cm³/mol. The number of benzene rings is 1. The lowest BCUT2D eigenvalue weighted by atomic mass is 10.2. The van der Waals surface area contributed by atoms with Crippen LogP contribution in [0.1, 0.15) is 6.42 Å². The third-order valence-electron chi connectivity index (χ3n) is 2.27. The van der Waals surface area contributed by atoms with E-state index >= 15 is 0 Å². The number of nitrogens with one attached hydrogen (secondary N) is 1. The lowest BCUT2D eigenvalue weighted by Gasteiger charge is -2.08. The Morgan fingerprint density at radius 1 is 1.38 bits per heavy atom. The van der Waals surface area contributed by atoms with Gasteiger partial charge in [-0.2, -0.15) is 4.99 Å². The summed E-state index contributed by atoms with van der Waals surface area (Å²) in [5.41, 5.74) is 6.53. The fraction of sp³-hybridized carbons (Fsp3) is 0.273. The van der Waals surface area contributed by atoms with E-state index in [1.807, 2.05) is 30.3 Å². The Hall–Kier alpha value is -1.49. The molecule has 0 radical (unpaired) electrons. The van der Waals surface area contributed by atoms with Crippen LogP contribution >= 0.6 is 11.8 Å². The summed E-state index contributed by atoms with van der Waals surface area (Å²) in [5, 5.41) is 3.52. The summed E-state index contributed by atoms with van der Waals surface area (Å²) >= 11 is 1.35. The van der Waals surface area contributed by atoms with Crippen molar-refractivity contribution in [2.75, 3.05) is 11.9 Å². The zero-order valence-corrected chi connectivity index (χ0v) is 9.54. The van der Waals surface area contributed by atoms with E-state index < -0.39 is 0 Å². The second kappa shape index (κ2) is 5.03. The summed E-state index contributed by atoms with van der Waals surface area (Å²) in [5.74, 6) is -0.114. The van der Waals surface area contributed by atoms with Crippen molar-refractivity contribution in [3.63, 3.8) is 0 Å². The van der Waals surface area contributed by atoms with Crippen molar-refractivity contribution in [1.29, 1.82) is 0 Å². The van der Waals surface area contributed by atoms with Gasteiger partial charge in [0.2, 0.25) is 0 Å². The Morgan fingerprint density at radius 2 is 2.12 bits per heavy atom. The largest absolute Gasteiger partial charge is 0.385 e. The first-order chi connectivity index (χ1) is 7.75. The van der Waals surface area contributed by atoms with E-state index in [4.69, 9.17) is 5.73 Å². The van der Waals surface area contributed by atoms with Crippen LogP contribution in [-0.4, -0.2) is 22.9 Å². The Kier molecular flexibility index (Phi) is 3.46. The van der Waals surface area contributed by atoms with E-state index in [2.05, 4.69) is 10.3 Å². The van der Waals surface area contributed by atoms with Crippen LogP contribution in [0.5, 0.6) is 0 Å². The maximum absolute atomic E-state index is 11.3. The number of nitrogens with zero attached hydrogens (tertiary/aromatic N) is 1. The maximum atomic E-state index is 11.3.